The van der Waals surface area contributed by atoms with Crippen molar-refractivity contribution in [1.29, 1.82) is 0 Å². The van der Waals surface area contributed by atoms with Crippen LogP contribution in [-0.4, -0.2) is 18.4 Å². The van der Waals surface area contributed by atoms with Gasteiger partial charge in [-0.2, -0.15) is 0 Å². The second-order valence-corrected chi connectivity index (χ2v) is 7.96. The van der Waals surface area contributed by atoms with E-state index in [-0.39, 0.29) is 17.1 Å². The minimum atomic E-state index is -0.494. The van der Waals surface area contributed by atoms with E-state index in [2.05, 4.69) is 5.32 Å². The Balaban J connectivity index is 1.83. The molecule has 0 radical (unpaired) electrons. The molecule has 1 N–H and O–H groups in total. The smallest absolute Gasteiger partial charge is 0.282 e. The SMILES string of the molecule is CCCOc1ccccc1N1C(=O)C(Nc2ccc(F)cc2)=C(c2ccc(C)cc2C)C1=O. The van der Waals surface area contributed by atoms with Crippen molar-refractivity contribution in [2.24, 2.45) is 0 Å². The van der Waals surface area contributed by atoms with Crippen molar-refractivity contribution < 1.29 is 18.7 Å². The van der Waals surface area contributed by atoms with E-state index < -0.39 is 11.8 Å². The number of carbonyl (C=O) groups is 2. The molecule has 3 aromatic carbocycles. The number of rotatable bonds is 7. The summed E-state index contributed by atoms with van der Waals surface area (Å²) in [6.45, 7) is 6.33. The van der Waals surface area contributed by atoms with Gasteiger partial charge in [-0.1, -0.05) is 42.8 Å². The topological polar surface area (TPSA) is 58.6 Å². The Morgan fingerprint density at radius 3 is 2.36 bits per heavy atom. The monoisotopic (exact) mass is 444 g/mol. The van der Waals surface area contributed by atoms with Crippen LogP contribution in [0.1, 0.15) is 30.0 Å². The summed E-state index contributed by atoms with van der Waals surface area (Å²) in [6.07, 6.45) is 0.791. The second-order valence-electron chi connectivity index (χ2n) is 7.96. The Morgan fingerprint density at radius 2 is 1.67 bits per heavy atom. The quantitative estimate of drug-likeness (QED) is 0.480. The summed E-state index contributed by atoms with van der Waals surface area (Å²) in [7, 11) is 0. The van der Waals surface area contributed by atoms with Crippen LogP contribution >= 0.6 is 0 Å². The van der Waals surface area contributed by atoms with Crippen LogP contribution in [0.25, 0.3) is 5.57 Å². The molecule has 0 saturated heterocycles. The van der Waals surface area contributed by atoms with Gasteiger partial charge in [0.05, 0.1) is 17.9 Å². The van der Waals surface area contributed by atoms with Gasteiger partial charge in [0.2, 0.25) is 0 Å². The number of halogens is 1. The van der Waals surface area contributed by atoms with Crippen molar-refractivity contribution in [3.05, 3.63) is 94.9 Å². The zero-order valence-electron chi connectivity index (χ0n) is 18.8. The summed E-state index contributed by atoms with van der Waals surface area (Å²) >= 11 is 0. The average Bonchev–Trinajstić information content (AvgIpc) is 3.03. The van der Waals surface area contributed by atoms with Gasteiger partial charge in [-0.3, -0.25) is 9.59 Å². The number of nitrogens with one attached hydrogen (secondary N) is 1. The van der Waals surface area contributed by atoms with Crippen molar-refractivity contribution in [2.45, 2.75) is 27.2 Å². The number of para-hydroxylation sites is 2. The van der Waals surface area contributed by atoms with E-state index in [1.54, 1.807) is 24.3 Å². The Labute approximate surface area is 192 Å². The normalized spacial score (nSPS) is 13.6. The molecule has 4 rings (SSSR count). The lowest BCUT2D eigenvalue weighted by atomic mass is 9.97. The highest BCUT2D eigenvalue weighted by Gasteiger charge is 2.41. The van der Waals surface area contributed by atoms with E-state index >= 15 is 0 Å². The molecule has 0 aliphatic carbocycles. The first-order valence-corrected chi connectivity index (χ1v) is 10.9. The maximum Gasteiger partial charge on any atom is 0.282 e. The van der Waals surface area contributed by atoms with Crippen LogP contribution in [0.15, 0.2) is 72.4 Å². The number of anilines is 2. The molecule has 0 fully saturated rings. The summed E-state index contributed by atoms with van der Waals surface area (Å²) in [5.41, 5.74) is 3.90. The lowest BCUT2D eigenvalue weighted by Crippen LogP contribution is -2.32. The van der Waals surface area contributed by atoms with Gasteiger partial charge >= 0.3 is 0 Å². The number of benzene rings is 3. The van der Waals surface area contributed by atoms with Crippen molar-refractivity contribution >= 4 is 28.8 Å². The molecule has 0 atom stereocenters. The number of carbonyl (C=O) groups excluding carboxylic acids is 2. The van der Waals surface area contributed by atoms with Gasteiger partial charge in [-0.15, -0.1) is 0 Å². The van der Waals surface area contributed by atoms with Crippen molar-refractivity contribution in [2.75, 3.05) is 16.8 Å². The summed E-state index contributed by atoms with van der Waals surface area (Å²) in [6, 6.07) is 18.4. The third-order valence-electron chi connectivity index (χ3n) is 5.42. The van der Waals surface area contributed by atoms with Gasteiger partial charge in [0, 0.05) is 5.69 Å². The highest BCUT2D eigenvalue weighted by molar-refractivity contribution is 6.46. The number of nitrogens with zero attached hydrogens (tertiary/aromatic N) is 1. The lowest BCUT2D eigenvalue weighted by molar-refractivity contribution is -0.120. The maximum absolute atomic E-state index is 13.7. The Morgan fingerprint density at radius 1 is 0.939 bits per heavy atom. The Hall–Kier alpha value is -3.93. The molecule has 2 amide bonds. The number of ether oxygens (including phenoxy) is 1. The highest BCUT2D eigenvalue weighted by atomic mass is 19.1. The van der Waals surface area contributed by atoms with Crippen LogP contribution in [0, 0.1) is 19.7 Å². The summed E-state index contributed by atoms with van der Waals surface area (Å²) in [5, 5.41) is 3.06. The molecule has 6 heteroatoms. The van der Waals surface area contributed by atoms with E-state index in [1.165, 1.54) is 24.3 Å². The fourth-order valence-corrected chi connectivity index (χ4v) is 3.86. The van der Waals surface area contributed by atoms with E-state index in [4.69, 9.17) is 4.74 Å². The van der Waals surface area contributed by atoms with Crippen LogP contribution in [0.2, 0.25) is 0 Å². The minimum absolute atomic E-state index is 0.142. The van der Waals surface area contributed by atoms with Gasteiger partial charge in [0.15, 0.2) is 0 Å². The Bertz CT molecular complexity index is 1250. The fraction of sp³-hybridized carbons (Fsp3) is 0.185. The van der Waals surface area contributed by atoms with Gasteiger partial charge < -0.3 is 10.1 Å². The molecule has 168 valence electrons. The molecule has 0 bridgehead atoms. The largest absolute Gasteiger partial charge is 0.491 e. The molecule has 0 spiro atoms. The molecule has 1 aliphatic heterocycles. The number of hydrogen-bond acceptors (Lipinski definition) is 4. The molecular weight excluding hydrogens is 419 g/mol. The third-order valence-corrected chi connectivity index (χ3v) is 5.42. The molecule has 0 aromatic heterocycles. The molecule has 1 heterocycles. The summed E-state index contributed by atoms with van der Waals surface area (Å²) in [5.74, 6) is -0.860. The predicted octanol–water partition coefficient (Wildman–Crippen LogP) is 5.63. The number of amides is 2. The standard InChI is InChI=1S/C27H25FN2O3/c1-4-15-33-23-8-6-5-7-22(23)30-26(31)24(21-14-9-17(2)16-18(21)3)25(27(30)32)29-20-12-10-19(28)11-13-20/h5-14,16,29H,4,15H2,1-3H3. The van der Waals surface area contributed by atoms with E-state index in [0.717, 1.165) is 22.4 Å². The van der Waals surface area contributed by atoms with E-state index in [9.17, 15) is 14.0 Å². The lowest BCUT2D eigenvalue weighted by Gasteiger charge is -2.19. The van der Waals surface area contributed by atoms with E-state index in [0.29, 0.717) is 29.3 Å². The van der Waals surface area contributed by atoms with Crippen LogP contribution in [0.5, 0.6) is 5.75 Å². The van der Waals surface area contributed by atoms with Crippen molar-refractivity contribution in [3.63, 3.8) is 0 Å². The fourth-order valence-electron chi connectivity index (χ4n) is 3.86. The maximum atomic E-state index is 13.7. The zero-order chi connectivity index (χ0) is 23.5. The van der Waals surface area contributed by atoms with Crippen LogP contribution < -0.4 is 15.0 Å². The van der Waals surface area contributed by atoms with E-state index in [1.807, 2.05) is 39.0 Å². The first-order chi connectivity index (χ1) is 15.9. The summed E-state index contributed by atoms with van der Waals surface area (Å²) in [4.78, 5) is 28.5. The second kappa shape index (κ2) is 9.28. The third kappa shape index (κ3) is 4.37. The molecule has 0 saturated carbocycles. The van der Waals surface area contributed by atoms with Crippen LogP contribution in [0.4, 0.5) is 15.8 Å². The first-order valence-electron chi connectivity index (χ1n) is 10.9. The van der Waals surface area contributed by atoms with Crippen molar-refractivity contribution in [3.8, 4) is 5.75 Å². The van der Waals surface area contributed by atoms with Gasteiger partial charge in [-0.25, -0.2) is 9.29 Å². The number of aryl methyl sites for hydroxylation is 2. The molecule has 0 unspecified atom stereocenters. The average molecular weight is 445 g/mol. The Kier molecular flexibility index (Phi) is 6.27. The number of imide groups is 1. The van der Waals surface area contributed by atoms with Crippen LogP contribution in [0.3, 0.4) is 0 Å². The van der Waals surface area contributed by atoms with Gasteiger partial charge in [0.25, 0.3) is 11.8 Å². The molecular formula is C27H25FN2O3. The zero-order valence-corrected chi connectivity index (χ0v) is 18.8. The summed E-state index contributed by atoms with van der Waals surface area (Å²) < 4.78 is 19.2. The van der Waals surface area contributed by atoms with Crippen molar-refractivity contribution in [1.82, 2.24) is 0 Å². The molecule has 1 aliphatic rings. The van der Waals surface area contributed by atoms with Gasteiger partial charge in [0.1, 0.15) is 17.3 Å². The molecule has 33 heavy (non-hydrogen) atoms. The minimum Gasteiger partial charge on any atom is -0.491 e. The molecule has 3 aromatic rings. The predicted molar refractivity (Wildman–Crippen MR) is 128 cm³/mol. The van der Waals surface area contributed by atoms with Crippen LogP contribution in [-0.2, 0) is 9.59 Å². The molecule has 5 nitrogen and oxygen atoms in total. The highest BCUT2D eigenvalue weighted by Crippen LogP contribution is 2.38. The number of hydrogen-bond donors (Lipinski definition) is 1. The first kappa shape index (κ1) is 22.3. The van der Waals surface area contributed by atoms with Gasteiger partial charge in [-0.05, 0) is 67.8 Å².